The van der Waals surface area contributed by atoms with Crippen molar-refractivity contribution in [3.63, 3.8) is 0 Å². The second-order valence-corrected chi connectivity index (χ2v) is 13.2. The summed E-state index contributed by atoms with van der Waals surface area (Å²) in [5.41, 5.74) is 5.09. The molecule has 1 amide bonds. The van der Waals surface area contributed by atoms with Gasteiger partial charge in [0.2, 0.25) is 5.91 Å². The number of benzene rings is 2. The Labute approximate surface area is 291 Å². The Hall–Kier alpha value is -2.10. The van der Waals surface area contributed by atoms with Gasteiger partial charge in [-0.2, -0.15) is 0 Å². The van der Waals surface area contributed by atoms with Crippen LogP contribution in [0.25, 0.3) is 0 Å². The summed E-state index contributed by atoms with van der Waals surface area (Å²) in [7, 11) is 6.76. The van der Waals surface area contributed by atoms with Gasteiger partial charge in [0.05, 0.1) is 41.0 Å². The second kappa shape index (κ2) is 16.8. The Bertz CT molecular complexity index is 1320. The lowest BCUT2D eigenvalue weighted by Crippen LogP contribution is -2.49. The van der Waals surface area contributed by atoms with E-state index in [0.29, 0.717) is 61.6 Å². The van der Waals surface area contributed by atoms with Crippen molar-refractivity contribution >= 4 is 41.5 Å². The van der Waals surface area contributed by atoms with Crippen molar-refractivity contribution in [2.75, 3.05) is 79.5 Å². The molecule has 3 aliphatic heterocycles. The number of hydrogen-bond acceptors (Lipinski definition) is 7. The highest BCUT2D eigenvalue weighted by molar-refractivity contribution is 6.18. The number of hydrogen-bond donors (Lipinski definition) is 0. The van der Waals surface area contributed by atoms with E-state index in [-0.39, 0.29) is 24.4 Å². The summed E-state index contributed by atoms with van der Waals surface area (Å²) in [6.45, 7) is 6.65. The van der Waals surface area contributed by atoms with Crippen molar-refractivity contribution in [2.45, 2.75) is 51.1 Å². The van der Waals surface area contributed by atoms with E-state index in [1.165, 1.54) is 22.3 Å². The fourth-order valence-corrected chi connectivity index (χ4v) is 8.39. The molecule has 0 bridgehead atoms. The van der Waals surface area contributed by atoms with Crippen LogP contribution < -0.4 is 18.9 Å². The Morgan fingerprint density at radius 1 is 0.826 bits per heavy atom. The molecule has 0 spiro atoms. The van der Waals surface area contributed by atoms with Gasteiger partial charge >= 0.3 is 0 Å². The fourth-order valence-electron chi connectivity index (χ4n) is 7.91. The molecule has 2 aromatic rings. The molecule has 3 aliphatic rings. The van der Waals surface area contributed by atoms with E-state index in [2.05, 4.69) is 45.9 Å². The normalized spacial score (nSPS) is 22.3. The Morgan fingerprint density at radius 2 is 1.37 bits per heavy atom. The van der Waals surface area contributed by atoms with Crippen LogP contribution in [-0.2, 0) is 17.6 Å². The third-order valence-electron chi connectivity index (χ3n) is 10.3. The predicted octanol–water partition coefficient (Wildman–Crippen LogP) is 6.38. The minimum atomic E-state index is -0.0611. The van der Waals surface area contributed by atoms with Crippen LogP contribution in [0.15, 0.2) is 24.3 Å². The van der Waals surface area contributed by atoms with Gasteiger partial charge in [0.25, 0.3) is 0 Å². The van der Waals surface area contributed by atoms with Gasteiger partial charge in [-0.25, -0.2) is 0 Å². The number of ether oxygens (including phenoxy) is 4. The molecule has 2 aromatic carbocycles. The summed E-state index contributed by atoms with van der Waals surface area (Å²) in [4.78, 5) is 20.9. The van der Waals surface area contributed by atoms with Crippen LogP contribution in [-0.4, -0.2) is 100 Å². The van der Waals surface area contributed by atoms with Gasteiger partial charge in [-0.05, 0) is 84.0 Å². The molecule has 1 fully saturated rings. The maximum Gasteiger partial charge on any atom is 0.237 e. The molecular weight excluding hydrogens is 649 g/mol. The number of amides is 1. The molecule has 0 aromatic heterocycles. The first kappa shape index (κ1) is 36.7. The summed E-state index contributed by atoms with van der Waals surface area (Å²) < 4.78 is 22.8. The van der Waals surface area contributed by atoms with E-state index < -0.39 is 0 Å². The third-order valence-corrected chi connectivity index (χ3v) is 10.6. The van der Waals surface area contributed by atoms with Crippen LogP contribution >= 0.6 is 35.6 Å². The number of fused-ring (bicyclic) bond motifs is 4. The minimum Gasteiger partial charge on any atom is -0.493 e. The van der Waals surface area contributed by atoms with E-state index >= 15 is 0 Å². The summed E-state index contributed by atoms with van der Waals surface area (Å²) in [5.74, 6) is 5.02. The maximum atomic E-state index is 14.1. The van der Waals surface area contributed by atoms with E-state index in [1.54, 1.807) is 28.4 Å². The summed E-state index contributed by atoms with van der Waals surface area (Å²) in [6.07, 6.45) is 4.81. The Kier molecular flexibility index (Phi) is 13.4. The molecule has 46 heavy (non-hydrogen) atoms. The van der Waals surface area contributed by atoms with Crippen molar-refractivity contribution in [1.29, 1.82) is 0 Å². The summed E-state index contributed by atoms with van der Waals surface area (Å²) >= 11 is 12.2. The first-order chi connectivity index (χ1) is 21.9. The van der Waals surface area contributed by atoms with Gasteiger partial charge in [0, 0.05) is 50.5 Å². The standard InChI is InChI=1S/C35H49Cl2N3O5.ClH/c1-6-23-21-39-11-7-24-17-31(42-2)33(44-4)19-27(24)29(39)15-26(23)16-30-28-20-34(45-5)32(43-3)18-25(28)8-12-40(30)35(41)22-38(13-9-36)14-10-37;/h17-20,23,26,29-30H,6-16,21-22H2,1-5H3;1H. The van der Waals surface area contributed by atoms with Gasteiger partial charge in [-0.15, -0.1) is 35.6 Å². The average molecular weight is 699 g/mol. The van der Waals surface area contributed by atoms with E-state index in [1.807, 2.05) is 0 Å². The average Bonchev–Trinajstić information content (AvgIpc) is 3.06. The quantitative estimate of drug-likeness (QED) is 0.225. The van der Waals surface area contributed by atoms with Crippen molar-refractivity contribution in [2.24, 2.45) is 11.8 Å². The topological polar surface area (TPSA) is 63.7 Å². The van der Waals surface area contributed by atoms with Gasteiger partial charge < -0.3 is 23.8 Å². The third kappa shape index (κ3) is 7.62. The lowest BCUT2D eigenvalue weighted by atomic mass is 9.72. The molecule has 1 saturated heterocycles. The van der Waals surface area contributed by atoms with Crippen LogP contribution in [0.5, 0.6) is 23.0 Å². The number of piperidine rings is 1. The zero-order valence-corrected chi connectivity index (χ0v) is 30.2. The number of methoxy groups -OCH3 is 4. The predicted molar refractivity (Wildman–Crippen MR) is 187 cm³/mol. The number of carbonyl (C=O) groups excluding carboxylic acids is 1. The van der Waals surface area contributed by atoms with E-state index in [4.69, 9.17) is 42.1 Å². The largest absolute Gasteiger partial charge is 0.493 e. The number of alkyl halides is 2. The van der Waals surface area contributed by atoms with Crippen LogP contribution in [0.2, 0.25) is 0 Å². The van der Waals surface area contributed by atoms with Crippen molar-refractivity contribution in [3.05, 3.63) is 46.5 Å². The molecule has 4 unspecified atom stereocenters. The number of carbonyl (C=O) groups is 1. The summed E-state index contributed by atoms with van der Waals surface area (Å²) in [6, 6.07) is 8.82. The highest BCUT2D eigenvalue weighted by Crippen LogP contribution is 2.49. The van der Waals surface area contributed by atoms with Crippen LogP contribution in [0.1, 0.15) is 60.5 Å². The smallest absolute Gasteiger partial charge is 0.237 e. The molecule has 0 N–H and O–H groups in total. The molecule has 4 atom stereocenters. The van der Waals surface area contributed by atoms with E-state index in [0.717, 1.165) is 62.4 Å². The molecular formula is C35H50Cl3N3O5. The molecule has 0 aliphatic carbocycles. The first-order valence-corrected chi connectivity index (χ1v) is 17.3. The number of halogens is 3. The SMILES string of the molecule is CCC1CN2CCc3cc(OC)c(OC)cc3C2CC1CC1c2cc(OC)c(OC)cc2CCN1C(=O)CN(CCCl)CCCl.Cl. The van der Waals surface area contributed by atoms with E-state index in [9.17, 15) is 4.79 Å². The Morgan fingerprint density at radius 3 is 1.93 bits per heavy atom. The van der Waals surface area contributed by atoms with Crippen LogP contribution in [0.3, 0.4) is 0 Å². The fraction of sp³-hybridized carbons (Fsp3) is 0.629. The molecule has 256 valence electrons. The molecule has 5 rings (SSSR count). The monoisotopic (exact) mass is 697 g/mol. The Balaban J connectivity index is 0.00000480. The number of nitrogens with zero attached hydrogens (tertiary/aromatic N) is 3. The highest BCUT2D eigenvalue weighted by Gasteiger charge is 2.42. The zero-order chi connectivity index (χ0) is 32.1. The van der Waals surface area contributed by atoms with Gasteiger partial charge in [-0.3, -0.25) is 14.6 Å². The molecule has 0 radical (unpaired) electrons. The highest BCUT2D eigenvalue weighted by atomic mass is 35.5. The number of rotatable bonds is 13. The second-order valence-electron chi connectivity index (χ2n) is 12.5. The van der Waals surface area contributed by atoms with Crippen LogP contribution in [0, 0.1) is 11.8 Å². The maximum absolute atomic E-state index is 14.1. The molecule has 11 heteroatoms. The molecule has 3 heterocycles. The van der Waals surface area contributed by atoms with Crippen molar-refractivity contribution in [1.82, 2.24) is 14.7 Å². The summed E-state index contributed by atoms with van der Waals surface area (Å²) in [5, 5.41) is 0. The molecule has 0 saturated carbocycles. The molecule has 8 nitrogen and oxygen atoms in total. The van der Waals surface area contributed by atoms with Gasteiger partial charge in [-0.1, -0.05) is 13.3 Å². The zero-order valence-electron chi connectivity index (χ0n) is 27.9. The first-order valence-electron chi connectivity index (χ1n) is 16.3. The van der Waals surface area contributed by atoms with Crippen molar-refractivity contribution in [3.8, 4) is 23.0 Å². The van der Waals surface area contributed by atoms with Crippen molar-refractivity contribution < 1.29 is 23.7 Å². The minimum absolute atomic E-state index is 0. The van der Waals surface area contributed by atoms with Gasteiger partial charge in [0.15, 0.2) is 23.0 Å². The van der Waals surface area contributed by atoms with Gasteiger partial charge in [0.1, 0.15) is 0 Å². The lowest BCUT2D eigenvalue weighted by Gasteiger charge is -2.49. The van der Waals surface area contributed by atoms with Crippen LogP contribution in [0.4, 0.5) is 0 Å². The lowest BCUT2D eigenvalue weighted by molar-refractivity contribution is -0.136.